The lowest BCUT2D eigenvalue weighted by Crippen LogP contribution is -2.23. The molecule has 1 rings (SSSR count). The number of unbranched alkanes of at least 4 members (excludes halogenated alkanes) is 1. The lowest BCUT2D eigenvalue weighted by atomic mass is 9.85. The van der Waals surface area contributed by atoms with Gasteiger partial charge in [-0.1, -0.05) is 70.2 Å². The summed E-state index contributed by atoms with van der Waals surface area (Å²) in [5.74, 6) is 1.45. The zero-order valence-corrected chi connectivity index (χ0v) is 14.0. The second kappa shape index (κ2) is 10.2. The van der Waals surface area contributed by atoms with Crippen LogP contribution < -0.4 is 5.32 Å². The average Bonchev–Trinajstić information content (AvgIpc) is 2.48. The van der Waals surface area contributed by atoms with Crippen molar-refractivity contribution in [3.63, 3.8) is 0 Å². The Morgan fingerprint density at radius 1 is 1.10 bits per heavy atom. The molecule has 1 N–H and O–H groups in total. The number of likely N-dealkylation sites (N-methyl/N-ethyl adjacent to an activating group) is 1. The highest BCUT2D eigenvalue weighted by atomic mass is 35.5. The average molecular weight is 296 g/mol. The van der Waals surface area contributed by atoms with Crippen LogP contribution in [-0.2, 0) is 0 Å². The highest BCUT2D eigenvalue weighted by molar-refractivity contribution is 6.30. The molecule has 1 nitrogen and oxygen atoms in total. The molecule has 0 radical (unpaired) electrons. The van der Waals surface area contributed by atoms with Gasteiger partial charge in [-0.2, -0.15) is 0 Å². The molecule has 0 fully saturated rings. The van der Waals surface area contributed by atoms with Crippen LogP contribution in [-0.4, -0.2) is 13.1 Å². The molecule has 2 heteroatoms. The molecule has 0 bridgehead atoms. The van der Waals surface area contributed by atoms with Crippen LogP contribution in [0.15, 0.2) is 24.3 Å². The fourth-order valence-electron chi connectivity index (χ4n) is 2.77. The molecule has 1 aromatic carbocycles. The molecule has 2 atom stereocenters. The summed E-state index contributed by atoms with van der Waals surface area (Å²) < 4.78 is 0. The molecular weight excluding hydrogens is 266 g/mol. The third kappa shape index (κ3) is 6.28. The van der Waals surface area contributed by atoms with Crippen molar-refractivity contribution in [3.05, 3.63) is 34.9 Å². The number of hydrogen-bond acceptors (Lipinski definition) is 1. The summed E-state index contributed by atoms with van der Waals surface area (Å²) >= 11 is 6.01. The molecule has 0 amide bonds. The summed E-state index contributed by atoms with van der Waals surface area (Å²) in [6, 6.07) is 8.42. The van der Waals surface area contributed by atoms with Gasteiger partial charge in [0, 0.05) is 11.6 Å². The Bertz CT molecular complexity index is 347. The molecule has 0 aliphatic heterocycles. The Hall–Kier alpha value is -0.530. The number of nitrogens with one attached hydrogen (secondary N) is 1. The van der Waals surface area contributed by atoms with Crippen LogP contribution in [0.4, 0.5) is 0 Å². The Morgan fingerprint density at radius 2 is 1.80 bits per heavy atom. The maximum atomic E-state index is 6.01. The SMILES string of the molecule is CCCCC(CC)CC(CNCC)c1ccc(Cl)cc1. The van der Waals surface area contributed by atoms with Crippen LogP contribution in [0.3, 0.4) is 0 Å². The van der Waals surface area contributed by atoms with Gasteiger partial charge in [-0.25, -0.2) is 0 Å². The van der Waals surface area contributed by atoms with Gasteiger partial charge in [0.25, 0.3) is 0 Å². The van der Waals surface area contributed by atoms with E-state index in [1.54, 1.807) is 0 Å². The predicted molar refractivity (Wildman–Crippen MR) is 90.7 cm³/mol. The van der Waals surface area contributed by atoms with E-state index in [4.69, 9.17) is 11.6 Å². The molecule has 0 saturated carbocycles. The van der Waals surface area contributed by atoms with E-state index < -0.39 is 0 Å². The Balaban J connectivity index is 2.69. The summed E-state index contributed by atoms with van der Waals surface area (Å²) in [4.78, 5) is 0. The molecule has 0 saturated heterocycles. The number of benzene rings is 1. The zero-order chi connectivity index (χ0) is 14.8. The summed E-state index contributed by atoms with van der Waals surface area (Å²) in [6.07, 6.45) is 6.59. The molecule has 0 aliphatic carbocycles. The highest BCUT2D eigenvalue weighted by Crippen LogP contribution is 2.29. The number of rotatable bonds is 10. The predicted octanol–water partition coefficient (Wildman–Crippen LogP) is 5.64. The van der Waals surface area contributed by atoms with Crippen LogP contribution >= 0.6 is 11.6 Å². The second-order valence-corrected chi connectivity index (χ2v) is 6.14. The second-order valence-electron chi connectivity index (χ2n) is 5.71. The minimum atomic E-state index is 0.606. The summed E-state index contributed by atoms with van der Waals surface area (Å²) in [5.41, 5.74) is 1.42. The van der Waals surface area contributed by atoms with Gasteiger partial charge >= 0.3 is 0 Å². The summed E-state index contributed by atoms with van der Waals surface area (Å²) in [7, 11) is 0. The van der Waals surface area contributed by atoms with Crippen molar-refractivity contribution in [3.8, 4) is 0 Å². The van der Waals surface area contributed by atoms with Gasteiger partial charge < -0.3 is 5.32 Å². The molecule has 0 aromatic heterocycles. The Labute approximate surface area is 130 Å². The van der Waals surface area contributed by atoms with Crippen molar-refractivity contribution in [1.82, 2.24) is 5.32 Å². The first-order valence-corrected chi connectivity index (χ1v) is 8.55. The minimum absolute atomic E-state index is 0.606. The molecule has 0 spiro atoms. The van der Waals surface area contributed by atoms with Gasteiger partial charge in [0.1, 0.15) is 0 Å². The largest absolute Gasteiger partial charge is 0.316 e. The van der Waals surface area contributed by atoms with E-state index in [0.29, 0.717) is 5.92 Å². The Morgan fingerprint density at radius 3 is 2.35 bits per heavy atom. The lowest BCUT2D eigenvalue weighted by molar-refractivity contribution is 0.377. The smallest absolute Gasteiger partial charge is 0.0406 e. The highest BCUT2D eigenvalue weighted by Gasteiger charge is 2.16. The van der Waals surface area contributed by atoms with Crippen molar-refractivity contribution in [2.24, 2.45) is 5.92 Å². The first kappa shape index (κ1) is 17.5. The van der Waals surface area contributed by atoms with Crippen molar-refractivity contribution in [2.45, 2.75) is 58.8 Å². The van der Waals surface area contributed by atoms with Gasteiger partial charge in [-0.3, -0.25) is 0 Å². The van der Waals surface area contributed by atoms with E-state index in [2.05, 4.69) is 38.2 Å². The molecule has 2 unspecified atom stereocenters. The lowest BCUT2D eigenvalue weighted by Gasteiger charge is -2.23. The first-order valence-electron chi connectivity index (χ1n) is 8.17. The van der Waals surface area contributed by atoms with Crippen LogP contribution in [0.1, 0.15) is 64.4 Å². The first-order chi connectivity index (χ1) is 9.71. The van der Waals surface area contributed by atoms with Crippen molar-refractivity contribution < 1.29 is 0 Å². The molecule has 114 valence electrons. The topological polar surface area (TPSA) is 12.0 Å². The quantitative estimate of drug-likeness (QED) is 0.589. The number of hydrogen-bond donors (Lipinski definition) is 1. The molecule has 1 aromatic rings. The van der Waals surface area contributed by atoms with Crippen molar-refractivity contribution in [1.29, 1.82) is 0 Å². The fourth-order valence-corrected chi connectivity index (χ4v) is 2.90. The molecular formula is C18H30ClN. The fraction of sp³-hybridized carbons (Fsp3) is 0.667. The Kier molecular flexibility index (Phi) is 8.97. The van der Waals surface area contributed by atoms with Crippen molar-refractivity contribution in [2.75, 3.05) is 13.1 Å². The third-order valence-electron chi connectivity index (χ3n) is 4.14. The van der Waals surface area contributed by atoms with E-state index >= 15 is 0 Å². The van der Waals surface area contributed by atoms with Gasteiger partial charge in [0.15, 0.2) is 0 Å². The van der Waals surface area contributed by atoms with Gasteiger partial charge in [0.05, 0.1) is 0 Å². The normalized spacial score (nSPS) is 14.2. The van der Waals surface area contributed by atoms with Crippen molar-refractivity contribution >= 4 is 11.6 Å². The van der Waals surface area contributed by atoms with Crippen LogP contribution in [0.2, 0.25) is 5.02 Å². The van der Waals surface area contributed by atoms with E-state index in [9.17, 15) is 0 Å². The van der Waals surface area contributed by atoms with Crippen LogP contribution in [0, 0.1) is 5.92 Å². The molecule has 0 heterocycles. The maximum absolute atomic E-state index is 6.01. The standard InChI is InChI=1S/C18H30ClN/c1-4-7-8-15(5-2)13-17(14-20-6-3)16-9-11-18(19)12-10-16/h9-12,15,17,20H,4-8,13-14H2,1-3H3. The number of halogens is 1. The summed E-state index contributed by atoms with van der Waals surface area (Å²) in [6.45, 7) is 8.89. The van der Waals surface area contributed by atoms with Gasteiger partial charge in [0.2, 0.25) is 0 Å². The third-order valence-corrected chi connectivity index (χ3v) is 4.40. The van der Waals surface area contributed by atoms with E-state index in [1.807, 2.05) is 12.1 Å². The van der Waals surface area contributed by atoms with E-state index in [-0.39, 0.29) is 0 Å². The molecule has 0 aliphatic rings. The maximum Gasteiger partial charge on any atom is 0.0406 e. The van der Waals surface area contributed by atoms with E-state index in [1.165, 1.54) is 37.7 Å². The van der Waals surface area contributed by atoms with E-state index in [0.717, 1.165) is 24.0 Å². The zero-order valence-electron chi connectivity index (χ0n) is 13.3. The summed E-state index contributed by atoms with van der Waals surface area (Å²) in [5, 5.41) is 4.34. The monoisotopic (exact) mass is 295 g/mol. The minimum Gasteiger partial charge on any atom is -0.316 e. The van der Waals surface area contributed by atoms with Gasteiger partial charge in [-0.15, -0.1) is 0 Å². The van der Waals surface area contributed by atoms with Crippen LogP contribution in [0.25, 0.3) is 0 Å². The van der Waals surface area contributed by atoms with Crippen LogP contribution in [0.5, 0.6) is 0 Å². The molecule has 20 heavy (non-hydrogen) atoms. The van der Waals surface area contributed by atoms with Gasteiger partial charge in [-0.05, 0) is 42.5 Å².